The average Bonchev–Trinajstić information content (AvgIpc) is 2.81. The van der Waals surface area contributed by atoms with Crippen LogP contribution in [0.5, 0.6) is 0 Å². The van der Waals surface area contributed by atoms with Gasteiger partial charge >= 0.3 is 11.9 Å². The summed E-state index contributed by atoms with van der Waals surface area (Å²) in [5.74, 6) is -1.18. The SMILES string of the molecule is CCOC(=O)CCc1c(CCC(=O)O)[nH]c2cc(Cl)cc(Cl)c12. The highest BCUT2D eigenvalue weighted by atomic mass is 35.5. The zero-order valence-electron chi connectivity index (χ0n) is 12.6. The predicted octanol–water partition coefficient (Wildman–Crippen LogP) is 3.99. The quantitative estimate of drug-likeness (QED) is 0.734. The molecule has 0 unspecified atom stereocenters. The Kier molecular flexibility index (Phi) is 5.91. The highest BCUT2D eigenvalue weighted by molar-refractivity contribution is 6.38. The Morgan fingerprint density at radius 2 is 1.96 bits per heavy atom. The van der Waals surface area contributed by atoms with Crippen LogP contribution in [0.4, 0.5) is 0 Å². The molecule has 5 nitrogen and oxygen atoms in total. The van der Waals surface area contributed by atoms with E-state index in [2.05, 4.69) is 4.98 Å². The van der Waals surface area contributed by atoms with Crippen LogP contribution in [-0.2, 0) is 27.2 Å². The molecule has 1 aromatic heterocycles. The molecular weight excluding hydrogens is 341 g/mol. The second-order valence-corrected chi connectivity index (χ2v) is 5.93. The van der Waals surface area contributed by atoms with E-state index < -0.39 is 5.97 Å². The topological polar surface area (TPSA) is 79.4 Å². The summed E-state index contributed by atoms with van der Waals surface area (Å²) in [4.78, 5) is 25.6. The van der Waals surface area contributed by atoms with Gasteiger partial charge < -0.3 is 14.8 Å². The third-order valence-corrected chi connectivity index (χ3v) is 4.00. The maximum atomic E-state index is 11.6. The molecule has 0 spiro atoms. The molecule has 0 saturated carbocycles. The van der Waals surface area contributed by atoms with Gasteiger partial charge in [-0.25, -0.2) is 0 Å². The minimum atomic E-state index is -0.885. The van der Waals surface area contributed by atoms with Gasteiger partial charge in [-0.3, -0.25) is 9.59 Å². The van der Waals surface area contributed by atoms with Crippen molar-refractivity contribution in [2.45, 2.75) is 32.6 Å². The molecule has 124 valence electrons. The molecule has 2 rings (SSSR count). The zero-order valence-corrected chi connectivity index (χ0v) is 14.1. The van der Waals surface area contributed by atoms with Gasteiger partial charge in [0.15, 0.2) is 0 Å². The number of aliphatic carboxylic acids is 1. The number of H-pyrrole nitrogens is 1. The molecular formula is C16H17Cl2NO4. The van der Waals surface area contributed by atoms with Crippen LogP contribution in [0.2, 0.25) is 10.0 Å². The molecule has 0 atom stereocenters. The van der Waals surface area contributed by atoms with E-state index in [9.17, 15) is 9.59 Å². The number of rotatable bonds is 7. The van der Waals surface area contributed by atoms with Crippen molar-refractivity contribution in [2.75, 3.05) is 6.61 Å². The molecule has 0 bridgehead atoms. The average molecular weight is 358 g/mol. The first-order valence-corrected chi connectivity index (χ1v) is 8.03. The van der Waals surface area contributed by atoms with Crippen LogP contribution < -0.4 is 0 Å². The number of carboxylic acid groups (broad SMARTS) is 1. The molecule has 7 heteroatoms. The van der Waals surface area contributed by atoms with Crippen LogP contribution in [-0.4, -0.2) is 28.6 Å². The predicted molar refractivity (Wildman–Crippen MR) is 89.2 cm³/mol. The van der Waals surface area contributed by atoms with Crippen molar-refractivity contribution in [3.8, 4) is 0 Å². The number of fused-ring (bicyclic) bond motifs is 1. The molecule has 0 radical (unpaired) electrons. The second kappa shape index (κ2) is 7.70. The number of esters is 1. The van der Waals surface area contributed by atoms with Crippen LogP contribution >= 0.6 is 23.2 Å². The van der Waals surface area contributed by atoms with Gasteiger partial charge in [0.1, 0.15) is 0 Å². The van der Waals surface area contributed by atoms with Crippen molar-refractivity contribution in [3.05, 3.63) is 33.4 Å². The van der Waals surface area contributed by atoms with Gasteiger partial charge in [0.05, 0.1) is 18.1 Å². The number of hydrogen-bond donors (Lipinski definition) is 2. The van der Waals surface area contributed by atoms with Crippen LogP contribution in [0.25, 0.3) is 10.9 Å². The van der Waals surface area contributed by atoms with E-state index in [0.717, 1.165) is 22.2 Å². The van der Waals surface area contributed by atoms with Crippen molar-refractivity contribution in [1.82, 2.24) is 4.98 Å². The molecule has 1 aromatic carbocycles. The Balaban J connectivity index is 2.38. The fourth-order valence-corrected chi connectivity index (χ4v) is 3.16. The van der Waals surface area contributed by atoms with Crippen molar-refractivity contribution in [1.29, 1.82) is 0 Å². The van der Waals surface area contributed by atoms with E-state index in [1.165, 1.54) is 0 Å². The summed E-state index contributed by atoms with van der Waals surface area (Å²) >= 11 is 12.3. The lowest BCUT2D eigenvalue weighted by atomic mass is 10.0. The van der Waals surface area contributed by atoms with Gasteiger partial charge in [0.25, 0.3) is 0 Å². The standard InChI is InChI=1S/C16H17Cl2NO4/c1-2-23-15(22)6-3-10-12(4-5-14(20)21)19-13-8-9(17)7-11(18)16(10)13/h7-8,19H,2-6H2,1H3,(H,20,21). The molecule has 0 aliphatic rings. The normalized spacial score (nSPS) is 10.9. The van der Waals surface area contributed by atoms with Gasteiger partial charge in [0, 0.05) is 28.0 Å². The number of halogens is 2. The van der Waals surface area contributed by atoms with Crippen molar-refractivity contribution in [2.24, 2.45) is 0 Å². The molecule has 0 fully saturated rings. The summed E-state index contributed by atoms with van der Waals surface area (Å²) < 4.78 is 4.94. The number of nitrogens with one attached hydrogen (secondary N) is 1. The number of aromatic nitrogens is 1. The van der Waals surface area contributed by atoms with Gasteiger partial charge in [-0.15, -0.1) is 0 Å². The molecule has 0 amide bonds. The molecule has 0 aliphatic heterocycles. The summed E-state index contributed by atoms with van der Waals surface area (Å²) in [5, 5.41) is 10.6. The first-order chi connectivity index (χ1) is 10.9. The summed E-state index contributed by atoms with van der Waals surface area (Å²) in [7, 11) is 0. The summed E-state index contributed by atoms with van der Waals surface area (Å²) in [6, 6.07) is 3.37. The monoisotopic (exact) mass is 357 g/mol. The van der Waals surface area contributed by atoms with Crippen LogP contribution in [0.1, 0.15) is 31.0 Å². The smallest absolute Gasteiger partial charge is 0.306 e. The Morgan fingerprint density at radius 3 is 2.61 bits per heavy atom. The lowest BCUT2D eigenvalue weighted by Crippen LogP contribution is -2.06. The second-order valence-electron chi connectivity index (χ2n) is 5.09. The number of aromatic amines is 1. The molecule has 0 saturated heterocycles. The van der Waals surface area contributed by atoms with Gasteiger partial charge in [-0.2, -0.15) is 0 Å². The van der Waals surface area contributed by atoms with Gasteiger partial charge in [-0.1, -0.05) is 23.2 Å². The maximum Gasteiger partial charge on any atom is 0.306 e. The van der Waals surface area contributed by atoms with Gasteiger partial charge in [0.2, 0.25) is 0 Å². The van der Waals surface area contributed by atoms with E-state index in [1.807, 2.05) is 0 Å². The van der Waals surface area contributed by atoms with E-state index >= 15 is 0 Å². The molecule has 1 heterocycles. The minimum Gasteiger partial charge on any atom is -0.481 e. The van der Waals surface area contributed by atoms with E-state index in [-0.39, 0.29) is 18.8 Å². The van der Waals surface area contributed by atoms with E-state index in [4.69, 9.17) is 33.0 Å². The number of carboxylic acids is 1. The summed E-state index contributed by atoms with van der Waals surface area (Å²) in [5.41, 5.74) is 2.34. The van der Waals surface area contributed by atoms with Crippen molar-refractivity contribution in [3.63, 3.8) is 0 Å². The first-order valence-electron chi connectivity index (χ1n) is 7.28. The lowest BCUT2D eigenvalue weighted by molar-refractivity contribution is -0.143. The highest BCUT2D eigenvalue weighted by Crippen LogP contribution is 2.33. The Morgan fingerprint density at radius 1 is 1.22 bits per heavy atom. The third-order valence-electron chi connectivity index (χ3n) is 3.48. The fourth-order valence-electron chi connectivity index (χ4n) is 2.55. The number of carbonyl (C=O) groups is 2. The minimum absolute atomic E-state index is 0.00935. The zero-order chi connectivity index (χ0) is 17.0. The lowest BCUT2D eigenvalue weighted by Gasteiger charge is -2.05. The van der Waals surface area contributed by atoms with E-state index in [1.54, 1.807) is 19.1 Å². The molecule has 23 heavy (non-hydrogen) atoms. The number of carbonyl (C=O) groups excluding carboxylic acids is 1. The molecule has 0 aliphatic carbocycles. The molecule has 2 aromatic rings. The Bertz CT molecular complexity index is 739. The van der Waals surface area contributed by atoms with Crippen LogP contribution in [0.3, 0.4) is 0 Å². The number of aryl methyl sites for hydroxylation is 2. The van der Waals surface area contributed by atoms with Crippen LogP contribution in [0.15, 0.2) is 12.1 Å². The largest absolute Gasteiger partial charge is 0.481 e. The number of hydrogen-bond acceptors (Lipinski definition) is 3. The van der Waals surface area contributed by atoms with Crippen molar-refractivity contribution < 1.29 is 19.4 Å². The van der Waals surface area contributed by atoms with Gasteiger partial charge in [-0.05, 0) is 37.5 Å². The highest BCUT2D eigenvalue weighted by Gasteiger charge is 2.17. The van der Waals surface area contributed by atoms with Crippen molar-refractivity contribution >= 4 is 46.0 Å². The number of ether oxygens (including phenoxy) is 1. The third kappa shape index (κ3) is 4.39. The molecule has 2 N–H and O–H groups in total. The van der Waals surface area contributed by atoms with Crippen LogP contribution in [0, 0.1) is 0 Å². The van der Waals surface area contributed by atoms with E-state index in [0.29, 0.717) is 29.5 Å². The summed E-state index contributed by atoms with van der Waals surface area (Å²) in [6.45, 7) is 2.08. The summed E-state index contributed by atoms with van der Waals surface area (Å²) in [6.07, 6.45) is 0.954. The maximum absolute atomic E-state index is 11.6. The number of benzene rings is 1. The first kappa shape index (κ1) is 17.6. The fraction of sp³-hybridized carbons (Fsp3) is 0.375. The Labute approximate surface area is 143 Å². The Hall–Kier alpha value is -1.72.